The molecular formula is C12H19ClN5O13P3. The fourth-order valence-corrected chi connectivity index (χ4v) is 6.24. The van der Waals surface area contributed by atoms with Gasteiger partial charge in [0.15, 0.2) is 17.4 Å². The molecule has 0 saturated carbocycles. The number of fused-ring (bicyclic) bond motifs is 1. The van der Waals surface area contributed by atoms with Crippen molar-refractivity contribution in [1.29, 1.82) is 0 Å². The Hall–Kier alpha value is -1.23. The van der Waals surface area contributed by atoms with E-state index in [9.17, 15) is 28.6 Å². The molecule has 2 aromatic rings. The monoisotopic (exact) mass is 569 g/mol. The molecule has 0 bridgehead atoms. The summed E-state index contributed by atoms with van der Waals surface area (Å²) in [5, 5.41) is 9.21. The summed E-state index contributed by atoms with van der Waals surface area (Å²) in [6.07, 6.45) is -2.75. The van der Waals surface area contributed by atoms with Crippen LogP contribution in [0.15, 0.2) is 6.33 Å². The lowest BCUT2D eigenvalue weighted by molar-refractivity contribution is -0.0422. The fraction of sp³-hybridized carbons (Fsp3) is 0.583. The lowest BCUT2D eigenvalue weighted by atomic mass is 10.2. The van der Waals surface area contributed by atoms with E-state index in [1.165, 1.54) is 10.9 Å². The Balaban J connectivity index is 1.74. The molecule has 18 nitrogen and oxygen atoms in total. The second-order valence-electron chi connectivity index (χ2n) is 6.53. The minimum Gasteiger partial charge on any atom is -0.476 e. The molecule has 1 fully saturated rings. The number of rotatable bonds is 10. The molecular weight excluding hydrogens is 551 g/mol. The molecule has 3 rings (SSSR count). The first-order valence-corrected chi connectivity index (χ1v) is 14.0. The van der Waals surface area contributed by atoms with E-state index in [-0.39, 0.29) is 29.6 Å². The molecule has 0 spiro atoms. The number of aromatic nitrogens is 4. The first-order valence-electron chi connectivity index (χ1n) is 9.01. The molecule has 6 atom stereocenters. The molecule has 22 heteroatoms. The largest absolute Gasteiger partial charge is 0.490 e. The highest BCUT2D eigenvalue weighted by Crippen LogP contribution is 2.66. The summed E-state index contributed by atoms with van der Waals surface area (Å²) < 4.78 is 57.9. The number of aliphatic hydroxyl groups is 1. The van der Waals surface area contributed by atoms with Crippen LogP contribution >= 0.6 is 35.1 Å². The van der Waals surface area contributed by atoms with Crippen LogP contribution in [-0.4, -0.2) is 75.0 Å². The van der Waals surface area contributed by atoms with Crippen molar-refractivity contribution in [2.24, 2.45) is 0 Å². The standard InChI is InChI=1S/C12H19ClN5O13P3/c1-2-27-10-7-9(16-12(14)17-10)18(4-15-7)11-6(13)8(19)5(29-11)3-28-33(23,24)31-34(25,26)30-32(20,21)22/h4-6,8,11,19H,2-3H2,1H3,(H,23,24)(H,25,26)(H2,14,16,17)(H2,20,21,22). The van der Waals surface area contributed by atoms with Crippen molar-refractivity contribution >= 4 is 52.2 Å². The van der Waals surface area contributed by atoms with Gasteiger partial charge < -0.3 is 39.9 Å². The number of anilines is 1. The van der Waals surface area contributed by atoms with Crippen LogP contribution in [0.25, 0.3) is 11.2 Å². The number of ether oxygens (including phenoxy) is 2. The van der Waals surface area contributed by atoms with E-state index in [1.807, 2.05) is 0 Å². The Morgan fingerprint density at radius 2 is 1.85 bits per heavy atom. The van der Waals surface area contributed by atoms with Gasteiger partial charge in [0.1, 0.15) is 17.6 Å². The Bertz CT molecular complexity index is 1190. The Kier molecular flexibility index (Phi) is 8.07. The van der Waals surface area contributed by atoms with Crippen LogP contribution in [0.5, 0.6) is 5.88 Å². The summed E-state index contributed by atoms with van der Waals surface area (Å²) >= 11 is 6.25. The molecule has 1 saturated heterocycles. The molecule has 34 heavy (non-hydrogen) atoms. The van der Waals surface area contributed by atoms with E-state index in [0.717, 1.165) is 0 Å². The minimum absolute atomic E-state index is 0.0950. The zero-order valence-corrected chi connectivity index (χ0v) is 20.3. The average Bonchev–Trinajstić information content (AvgIpc) is 3.19. The maximum absolute atomic E-state index is 11.9. The second-order valence-corrected chi connectivity index (χ2v) is 11.5. The third-order valence-electron chi connectivity index (χ3n) is 4.07. The highest BCUT2D eigenvalue weighted by atomic mass is 35.5. The number of nitrogen functional groups attached to an aromatic ring is 1. The van der Waals surface area contributed by atoms with Crippen LogP contribution in [-0.2, 0) is 31.6 Å². The van der Waals surface area contributed by atoms with Gasteiger partial charge in [0, 0.05) is 0 Å². The predicted molar refractivity (Wildman–Crippen MR) is 110 cm³/mol. The SMILES string of the molecule is CCOc1nc(N)nc2c1ncn2C1OC(COP(=O)(O)OP(=O)(O)OP(=O)(O)O)C(O)C1Cl. The maximum Gasteiger partial charge on any atom is 0.490 e. The second kappa shape index (κ2) is 10.0. The minimum atomic E-state index is -5.70. The van der Waals surface area contributed by atoms with Crippen LogP contribution in [0.1, 0.15) is 13.2 Å². The van der Waals surface area contributed by atoms with Crippen molar-refractivity contribution < 1.29 is 61.0 Å². The van der Waals surface area contributed by atoms with E-state index in [4.69, 9.17) is 36.6 Å². The topological polar surface area (TPSA) is 268 Å². The van der Waals surface area contributed by atoms with Gasteiger partial charge in [-0.25, -0.2) is 18.7 Å². The molecule has 6 unspecified atom stereocenters. The van der Waals surface area contributed by atoms with Crippen molar-refractivity contribution in [2.75, 3.05) is 18.9 Å². The van der Waals surface area contributed by atoms with Crippen molar-refractivity contribution in [1.82, 2.24) is 19.5 Å². The smallest absolute Gasteiger partial charge is 0.476 e. The molecule has 2 aromatic heterocycles. The number of imidazole rings is 1. The van der Waals surface area contributed by atoms with Crippen LogP contribution in [0.2, 0.25) is 0 Å². The highest BCUT2D eigenvalue weighted by molar-refractivity contribution is 7.66. The summed E-state index contributed by atoms with van der Waals surface area (Å²) in [5.41, 5.74) is 6.06. The fourth-order valence-electron chi connectivity index (χ4n) is 2.87. The Labute approximate surface area is 195 Å². The number of aliphatic hydroxyl groups excluding tert-OH is 1. The number of phosphoric acid groups is 3. The Morgan fingerprint density at radius 1 is 1.18 bits per heavy atom. The van der Waals surface area contributed by atoms with Crippen molar-refractivity contribution in [2.45, 2.75) is 30.7 Å². The first kappa shape index (κ1) is 27.4. The van der Waals surface area contributed by atoms with Gasteiger partial charge in [-0.3, -0.25) is 9.09 Å². The predicted octanol–water partition coefficient (Wildman–Crippen LogP) is 0.0162. The molecule has 0 amide bonds. The molecule has 0 radical (unpaired) electrons. The van der Waals surface area contributed by atoms with E-state index >= 15 is 0 Å². The number of nitrogens with two attached hydrogens (primary N) is 1. The normalized spacial score (nSPS) is 26.9. The summed E-state index contributed by atoms with van der Waals surface area (Å²) in [6, 6.07) is 0. The summed E-state index contributed by atoms with van der Waals surface area (Å²) in [5.74, 6) is -0.0517. The molecule has 0 aromatic carbocycles. The van der Waals surface area contributed by atoms with Crippen molar-refractivity contribution in [3.05, 3.63) is 6.33 Å². The zero-order valence-electron chi connectivity index (χ0n) is 16.9. The molecule has 3 heterocycles. The highest BCUT2D eigenvalue weighted by Gasteiger charge is 2.47. The molecule has 1 aliphatic heterocycles. The van der Waals surface area contributed by atoms with Crippen molar-refractivity contribution in [3.63, 3.8) is 0 Å². The van der Waals surface area contributed by atoms with E-state index < -0.39 is 53.9 Å². The van der Waals surface area contributed by atoms with E-state index in [2.05, 4.69) is 28.1 Å². The first-order chi connectivity index (χ1) is 15.6. The number of hydrogen-bond donors (Lipinski definition) is 6. The van der Waals surface area contributed by atoms with Crippen LogP contribution in [0.3, 0.4) is 0 Å². The third-order valence-corrected chi connectivity index (χ3v) is 8.35. The van der Waals surface area contributed by atoms with Gasteiger partial charge in [-0.2, -0.15) is 18.6 Å². The molecule has 7 N–H and O–H groups in total. The number of nitrogens with zero attached hydrogens (tertiary/aromatic N) is 4. The lowest BCUT2D eigenvalue weighted by Crippen LogP contribution is -2.30. The summed E-state index contributed by atoms with van der Waals surface area (Å²) in [4.78, 5) is 48.0. The van der Waals surface area contributed by atoms with Crippen LogP contribution in [0.4, 0.5) is 5.95 Å². The van der Waals surface area contributed by atoms with Crippen LogP contribution < -0.4 is 10.5 Å². The van der Waals surface area contributed by atoms with Gasteiger partial charge >= 0.3 is 23.5 Å². The Morgan fingerprint density at radius 3 is 2.47 bits per heavy atom. The number of alkyl halides is 1. The van der Waals surface area contributed by atoms with Gasteiger partial charge in [-0.15, -0.1) is 11.6 Å². The van der Waals surface area contributed by atoms with Gasteiger partial charge in [0.2, 0.25) is 11.8 Å². The summed E-state index contributed by atoms with van der Waals surface area (Å²) in [6.45, 7) is 1.07. The number of phosphoric ester groups is 1. The molecule has 192 valence electrons. The number of halogens is 1. The van der Waals surface area contributed by atoms with Gasteiger partial charge in [0.25, 0.3) is 0 Å². The zero-order chi connectivity index (χ0) is 25.5. The third kappa shape index (κ3) is 6.50. The summed E-state index contributed by atoms with van der Waals surface area (Å²) in [7, 11) is -16.7. The quantitative estimate of drug-likeness (QED) is 0.162. The van der Waals surface area contributed by atoms with Crippen molar-refractivity contribution in [3.8, 4) is 5.88 Å². The van der Waals surface area contributed by atoms with Gasteiger partial charge in [-0.1, -0.05) is 0 Å². The lowest BCUT2D eigenvalue weighted by Gasteiger charge is -2.19. The maximum atomic E-state index is 11.9. The van der Waals surface area contributed by atoms with Crippen LogP contribution in [0, 0.1) is 0 Å². The van der Waals surface area contributed by atoms with Gasteiger partial charge in [-0.05, 0) is 6.92 Å². The van der Waals surface area contributed by atoms with E-state index in [1.54, 1.807) is 6.92 Å². The average molecular weight is 570 g/mol. The van der Waals surface area contributed by atoms with Gasteiger partial charge in [0.05, 0.1) is 19.5 Å². The van der Waals surface area contributed by atoms with E-state index in [0.29, 0.717) is 0 Å². The molecule has 1 aliphatic rings. The molecule has 0 aliphatic carbocycles. The number of hydrogen-bond acceptors (Lipinski definition) is 13.